The second-order valence-electron chi connectivity index (χ2n) is 4.04. The molecule has 0 bridgehead atoms. The first kappa shape index (κ1) is 14.1. The van der Waals surface area contributed by atoms with Crippen LogP contribution >= 0.6 is 0 Å². The van der Waals surface area contributed by atoms with Crippen molar-refractivity contribution >= 4 is 6.21 Å². The molecule has 1 radical (unpaired) electrons. The van der Waals surface area contributed by atoms with Gasteiger partial charge in [-0.3, -0.25) is 0 Å². The lowest BCUT2D eigenvalue weighted by Crippen LogP contribution is -2.05. The van der Waals surface area contributed by atoms with Gasteiger partial charge in [0.25, 0.3) is 0 Å². The van der Waals surface area contributed by atoms with Crippen molar-refractivity contribution in [2.24, 2.45) is 5.16 Å². The molecular weight excluding hydrogens is 267 g/mol. The van der Waals surface area contributed by atoms with Crippen LogP contribution in [0.4, 0.5) is 13.2 Å². The van der Waals surface area contributed by atoms with Gasteiger partial charge in [0, 0.05) is 5.56 Å². The highest BCUT2D eigenvalue weighted by molar-refractivity contribution is 5.78. The van der Waals surface area contributed by atoms with Crippen molar-refractivity contribution in [3.63, 3.8) is 0 Å². The zero-order valence-electron chi connectivity index (χ0n) is 10.4. The van der Waals surface area contributed by atoms with Crippen molar-refractivity contribution < 1.29 is 18.0 Å². The SMILES string of the molecule is FC(F)(F)c1cccc(CO/N=[C]\c2ccccc2)c1. The molecule has 5 heteroatoms. The molecule has 0 aliphatic heterocycles. The standard InChI is InChI=1S/C15H11F3NO/c16-15(17,18)14-8-4-7-13(9-14)11-20-19-10-12-5-2-1-3-6-12/h1-9H,11H2. The van der Waals surface area contributed by atoms with Crippen LogP contribution in [0.2, 0.25) is 0 Å². The van der Waals surface area contributed by atoms with E-state index in [2.05, 4.69) is 11.4 Å². The van der Waals surface area contributed by atoms with E-state index in [1.165, 1.54) is 6.07 Å². The minimum atomic E-state index is -4.35. The number of benzene rings is 2. The van der Waals surface area contributed by atoms with Gasteiger partial charge in [-0.15, -0.1) is 0 Å². The molecule has 103 valence electrons. The monoisotopic (exact) mass is 278 g/mol. The molecule has 0 N–H and O–H groups in total. The summed E-state index contributed by atoms with van der Waals surface area (Å²) in [5, 5.41) is 3.60. The first-order valence-electron chi connectivity index (χ1n) is 5.85. The Morgan fingerprint density at radius 3 is 2.45 bits per heavy atom. The third kappa shape index (κ3) is 4.12. The maximum atomic E-state index is 12.5. The van der Waals surface area contributed by atoms with Crippen LogP contribution in [0.15, 0.2) is 59.8 Å². The summed E-state index contributed by atoms with van der Waals surface area (Å²) in [6.07, 6.45) is -1.71. The van der Waals surface area contributed by atoms with Crippen molar-refractivity contribution in [2.45, 2.75) is 12.8 Å². The molecule has 2 aromatic rings. The first-order chi connectivity index (χ1) is 9.55. The van der Waals surface area contributed by atoms with Crippen LogP contribution in [0.1, 0.15) is 16.7 Å². The molecule has 0 aliphatic rings. The highest BCUT2D eigenvalue weighted by Crippen LogP contribution is 2.29. The van der Waals surface area contributed by atoms with E-state index in [4.69, 9.17) is 4.84 Å². The number of hydrogen-bond donors (Lipinski definition) is 0. The summed E-state index contributed by atoms with van der Waals surface area (Å²) in [7, 11) is 0. The van der Waals surface area contributed by atoms with E-state index >= 15 is 0 Å². The van der Waals surface area contributed by atoms with E-state index in [-0.39, 0.29) is 6.61 Å². The van der Waals surface area contributed by atoms with E-state index in [0.29, 0.717) is 5.56 Å². The number of hydrogen-bond acceptors (Lipinski definition) is 2. The normalized spacial score (nSPS) is 11.8. The second kappa shape index (κ2) is 6.23. The zero-order chi connectivity index (χ0) is 14.4. The summed E-state index contributed by atoms with van der Waals surface area (Å²) in [5.74, 6) is 0. The van der Waals surface area contributed by atoms with Crippen molar-refractivity contribution in [3.05, 3.63) is 71.3 Å². The Morgan fingerprint density at radius 2 is 1.75 bits per heavy atom. The van der Waals surface area contributed by atoms with Gasteiger partial charge in [-0.05, 0) is 17.7 Å². The molecule has 2 nitrogen and oxygen atoms in total. The van der Waals surface area contributed by atoms with E-state index < -0.39 is 11.7 Å². The molecule has 0 fully saturated rings. The van der Waals surface area contributed by atoms with Crippen LogP contribution in [0, 0.1) is 0 Å². The van der Waals surface area contributed by atoms with Gasteiger partial charge in [0.1, 0.15) is 12.8 Å². The van der Waals surface area contributed by atoms with E-state index in [0.717, 1.165) is 17.7 Å². The fraction of sp³-hybridized carbons (Fsp3) is 0.133. The van der Waals surface area contributed by atoms with Crippen LogP contribution in [-0.2, 0) is 17.6 Å². The minimum absolute atomic E-state index is 0.0379. The maximum Gasteiger partial charge on any atom is 0.416 e. The Bertz CT molecular complexity index is 579. The van der Waals surface area contributed by atoms with Gasteiger partial charge in [0.05, 0.1) is 5.56 Å². The van der Waals surface area contributed by atoms with Crippen LogP contribution < -0.4 is 0 Å². The average molecular weight is 278 g/mol. The Hall–Kier alpha value is -2.30. The third-order valence-electron chi connectivity index (χ3n) is 2.50. The average Bonchev–Trinajstić information content (AvgIpc) is 2.44. The van der Waals surface area contributed by atoms with Crippen LogP contribution in [-0.4, -0.2) is 6.21 Å². The molecule has 0 saturated heterocycles. The summed E-state index contributed by atoms with van der Waals surface area (Å²) >= 11 is 0. The quantitative estimate of drug-likeness (QED) is 0.608. The fourth-order valence-corrected chi connectivity index (χ4v) is 1.54. The predicted octanol–water partition coefficient (Wildman–Crippen LogP) is 4.13. The first-order valence-corrected chi connectivity index (χ1v) is 5.85. The number of halogens is 3. The lowest BCUT2D eigenvalue weighted by atomic mass is 10.1. The molecule has 0 heterocycles. The van der Waals surface area contributed by atoms with Gasteiger partial charge in [-0.1, -0.05) is 47.6 Å². The molecule has 2 aromatic carbocycles. The number of alkyl halides is 3. The third-order valence-corrected chi connectivity index (χ3v) is 2.50. The molecule has 0 amide bonds. The Kier molecular flexibility index (Phi) is 4.40. The van der Waals surface area contributed by atoms with Gasteiger partial charge < -0.3 is 4.84 Å². The van der Waals surface area contributed by atoms with Crippen LogP contribution in [0.5, 0.6) is 0 Å². The lowest BCUT2D eigenvalue weighted by Gasteiger charge is -2.07. The van der Waals surface area contributed by atoms with E-state index in [1.54, 1.807) is 18.2 Å². The van der Waals surface area contributed by atoms with E-state index in [1.807, 2.05) is 18.2 Å². The summed E-state index contributed by atoms with van der Waals surface area (Å²) in [6.45, 7) is -0.0379. The zero-order valence-corrected chi connectivity index (χ0v) is 10.4. The molecule has 20 heavy (non-hydrogen) atoms. The predicted molar refractivity (Wildman–Crippen MR) is 69.2 cm³/mol. The van der Waals surface area contributed by atoms with Crippen molar-refractivity contribution in [1.82, 2.24) is 0 Å². The molecule has 2 rings (SSSR count). The van der Waals surface area contributed by atoms with Crippen LogP contribution in [0.25, 0.3) is 0 Å². The highest BCUT2D eigenvalue weighted by Gasteiger charge is 2.30. The van der Waals surface area contributed by atoms with Gasteiger partial charge in [0.2, 0.25) is 0 Å². The summed E-state index contributed by atoms with van der Waals surface area (Å²) < 4.78 is 37.5. The maximum absolute atomic E-state index is 12.5. The fourth-order valence-electron chi connectivity index (χ4n) is 1.54. The Balaban J connectivity index is 1.93. The summed E-state index contributed by atoms with van der Waals surface area (Å²) in [6, 6.07) is 14.0. The van der Waals surface area contributed by atoms with Crippen LogP contribution in [0.3, 0.4) is 0 Å². The summed E-state index contributed by atoms with van der Waals surface area (Å²) in [4.78, 5) is 4.94. The van der Waals surface area contributed by atoms with Gasteiger partial charge in [-0.2, -0.15) is 13.2 Å². The van der Waals surface area contributed by atoms with Gasteiger partial charge >= 0.3 is 6.18 Å². The summed E-state index contributed by atoms with van der Waals surface area (Å²) in [5.41, 5.74) is 0.435. The molecule has 0 spiro atoms. The van der Waals surface area contributed by atoms with Crippen molar-refractivity contribution in [3.8, 4) is 0 Å². The topological polar surface area (TPSA) is 21.6 Å². The lowest BCUT2D eigenvalue weighted by molar-refractivity contribution is -0.137. The molecule has 0 aliphatic carbocycles. The molecule has 0 atom stereocenters. The number of rotatable bonds is 4. The second-order valence-corrected chi connectivity index (χ2v) is 4.04. The smallest absolute Gasteiger partial charge is 0.390 e. The Labute approximate surface area is 114 Å². The van der Waals surface area contributed by atoms with E-state index in [9.17, 15) is 13.2 Å². The number of nitrogens with zero attached hydrogens (tertiary/aromatic N) is 1. The van der Waals surface area contributed by atoms with Gasteiger partial charge in [-0.25, -0.2) is 0 Å². The van der Waals surface area contributed by atoms with Crippen molar-refractivity contribution in [2.75, 3.05) is 0 Å². The Morgan fingerprint density at radius 1 is 1.00 bits per heavy atom. The van der Waals surface area contributed by atoms with Gasteiger partial charge in [0.15, 0.2) is 0 Å². The largest absolute Gasteiger partial charge is 0.416 e. The minimum Gasteiger partial charge on any atom is -0.390 e. The van der Waals surface area contributed by atoms with Crippen molar-refractivity contribution in [1.29, 1.82) is 0 Å². The highest BCUT2D eigenvalue weighted by atomic mass is 19.4. The molecular formula is C15H11F3NO. The molecule has 0 aromatic heterocycles. The molecule has 0 saturated carbocycles. The molecule has 0 unspecified atom stereocenters.